The maximum Gasteiger partial charge on any atom is 0.0594 e. The molecule has 6 fully saturated rings. The summed E-state index contributed by atoms with van der Waals surface area (Å²) < 4.78 is 5.25. The van der Waals surface area contributed by atoms with Gasteiger partial charge in [0.25, 0.3) is 0 Å². The van der Waals surface area contributed by atoms with Crippen LogP contribution >= 0.6 is 0 Å². The van der Waals surface area contributed by atoms with Crippen molar-refractivity contribution in [2.75, 3.05) is 132 Å². The number of likely N-dealkylation sites (N-methyl/N-ethyl adjacent to an activating group) is 1. The standard InChI is InChI=1S/C10H22N2.C9H20N2.C9H19NO.C9H19N.C8H18N2.C8H17NO/c1-10(2,3)11-9-5-7-12(4)8-6-9;1-9(2,3)11-7-5-10(4)6-8-11;1-9(2,3)10-6-4-8(11)5-7-10;1-9(2,3)10-7-5-4-6-8-10;1-8(2,3)10-6-4-9-5-7-10;1-8(2,3)9-4-6-10-7-5-9/h9,11H,5-8H2,1-4H3;5-8H2,1-4H3;8,11H,4-7H2,1-3H3;4-8H2,1-3H3;9H,4-7H2,1-3H3;4-7H2,1-3H3. The second-order valence-corrected chi connectivity index (χ2v) is 25.7. The van der Waals surface area contributed by atoms with Crippen LogP contribution in [-0.4, -0.2) is 217 Å². The Morgan fingerprint density at radius 3 is 1.09 bits per heavy atom. The van der Waals surface area contributed by atoms with Crippen molar-refractivity contribution in [3.63, 3.8) is 0 Å². The summed E-state index contributed by atoms with van der Waals surface area (Å²) in [6.45, 7) is 61.5. The second kappa shape index (κ2) is 28.9. The quantitative estimate of drug-likeness (QED) is 0.241. The highest BCUT2D eigenvalue weighted by Gasteiger charge is 2.27. The number of ether oxygens (including phenoxy) is 1. The molecule has 0 aromatic rings. The average molecular weight is 911 g/mol. The van der Waals surface area contributed by atoms with Crippen LogP contribution in [-0.2, 0) is 4.74 Å². The Morgan fingerprint density at radius 1 is 0.406 bits per heavy atom. The third kappa shape index (κ3) is 28.8. The number of morpholine rings is 1. The average Bonchev–Trinajstić information content (AvgIpc) is 3.19. The summed E-state index contributed by atoms with van der Waals surface area (Å²) >= 11 is 0. The summed E-state index contributed by atoms with van der Waals surface area (Å²) in [7, 11) is 4.40. The van der Waals surface area contributed by atoms with Gasteiger partial charge < -0.3 is 30.3 Å². The van der Waals surface area contributed by atoms with Crippen LogP contribution in [0.15, 0.2) is 0 Å². The number of aliphatic hydroxyl groups excluding tert-OH is 1. The van der Waals surface area contributed by atoms with E-state index in [2.05, 4.69) is 184 Å². The van der Waals surface area contributed by atoms with E-state index < -0.39 is 0 Å². The number of rotatable bonds is 1. The molecule has 0 aromatic heterocycles. The topological polar surface area (TPSA) is 76.2 Å². The first-order valence-corrected chi connectivity index (χ1v) is 26.2. The fourth-order valence-corrected chi connectivity index (χ4v) is 8.91. The second-order valence-electron chi connectivity index (χ2n) is 25.7. The van der Waals surface area contributed by atoms with Crippen LogP contribution in [0.3, 0.4) is 0 Å². The molecule has 6 aliphatic heterocycles. The molecule has 0 atom stereocenters. The highest BCUT2D eigenvalue weighted by atomic mass is 16.5. The lowest BCUT2D eigenvalue weighted by molar-refractivity contribution is -0.00389. The molecule has 11 nitrogen and oxygen atoms in total. The van der Waals surface area contributed by atoms with Gasteiger partial charge in [-0.25, -0.2) is 0 Å². The van der Waals surface area contributed by atoms with Crippen molar-refractivity contribution in [3.8, 4) is 0 Å². The molecular formula is C53H115N9O2. The number of aliphatic hydroxyl groups is 1. The van der Waals surface area contributed by atoms with Gasteiger partial charge in [0, 0.05) is 118 Å². The van der Waals surface area contributed by atoms with Crippen molar-refractivity contribution in [1.82, 2.24) is 44.9 Å². The van der Waals surface area contributed by atoms with E-state index >= 15 is 0 Å². The number of nitrogens with zero attached hydrogens (tertiary/aromatic N) is 7. The first kappa shape index (κ1) is 61.6. The zero-order valence-corrected chi connectivity index (χ0v) is 46.8. The molecule has 0 amide bonds. The van der Waals surface area contributed by atoms with Crippen LogP contribution in [0.2, 0.25) is 0 Å². The van der Waals surface area contributed by atoms with E-state index in [1.165, 1.54) is 97.6 Å². The van der Waals surface area contributed by atoms with Gasteiger partial charge in [-0.2, -0.15) is 0 Å². The Labute approximate surface area is 400 Å². The number of likely N-dealkylation sites (tertiary alicyclic amines) is 3. The number of hydrogen-bond donors (Lipinski definition) is 3. The summed E-state index contributed by atoms with van der Waals surface area (Å²) in [6.07, 6.45) is 8.67. The van der Waals surface area contributed by atoms with Crippen molar-refractivity contribution in [1.29, 1.82) is 0 Å². The predicted molar refractivity (Wildman–Crippen MR) is 280 cm³/mol. The molecule has 0 spiro atoms. The van der Waals surface area contributed by atoms with Crippen molar-refractivity contribution < 1.29 is 9.84 Å². The predicted octanol–water partition coefficient (Wildman–Crippen LogP) is 7.82. The molecule has 6 saturated heterocycles. The van der Waals surface area contributed by atoms with E-state index in [-0.39, 0.29) is 17.2 Å². The fourth-order valence-electron chi connectivity index (χ4n) is 8.91. The van der Waals surface area contributed by atoms with E-state index in [4.69, 9.17) is 4.74 Å². The first-order valence-electron chi connectivity index (χ1n) is 26.2. The Balaban J connectivity index is 0.000000384. The molecule has 0 aromatic carbocycles. The molecule has 6 rings (SSSR count). The molecule has 0 radical (unpaired) electrons. The van der Waals surface area contributed by atoms with Gasteiger partial charge in [-0.1, -0.05) is 6.42 Å². The Kier molecular flexibility index (Phi) is 27.8. The third-order valence-electron chi connectivity index (χ3n) is 13.6. The molecule has 384 valence electrons. The molecule has 3 N–H and O–H groups in total. The van der Waals surface area contributed by atoms with Crippen LogP contribution in [0.1, 0.15) is 170 Å². The summed E-state index contributed by atoms with van der Waals surface area (Å²) in [5.41, 5.74) is 2.01. The van der Waals surface area contributed by atoms with Gasteiger partial charge in [0.2, 0.25) is 0 Å². The lowest BCUT2D eigenvalue weighted by Crippen LogP contribution is -2.52. The summed E-state index contributed by atoms with van der Waals surface area (Å²) in [5, 5.41) is 16.3. The van der Waals surface area contributed by atoms with E-state index in [1.807, 2.05) is 0 Å². The van der Waals surface area contributed by atoms with Crippen LogP contribution in [0.25, 0.3) is 0 Å². The Hall–Kier alpha value is -0.440. The largest absolute Gasteiger partial charge is 0.393 e. The summed E-state index contributed by atoms with van der Waals surface area (Å²) in [5.74, 6) is 0. The molecule has 0 aliphatic carbocycles. The smallest absolute Gasteiger partial charge is 0.0594 e. The van der Waals surface area contributed by atoms with Gasteiger partial charge >= 0.3 is 0 Å². The summed E-state index contributed by atoms with van der Waals surface area (Å²) in [4.78, 5) is 17.3. The number of piperazine rings is 2. The lowest BCUT2D eigenvalue weighted by atomic mass is 10.00. The Morgan fingerprint density at radius 2 is 0.750 bits per heavy atom. The SMILES string of the molecule is CC(C)(C)N1CCC(O)CC1.CC(C)(C)N1CCCCC1.CC(C)(C)N1CCNCC1.CC(C)(C)N1CCOCC1.CN1CCC(NC(C)(C)C)CC1.CN1CCN(C(C)(C)C)CC1. The number of piperidine rings is 3. The van der Waals surface area contributed by atoms with Crippen molar-refractivity contribution in [3.05, 3.63) is 0 Å². The van der Waals surface area contributed by atoms with Gasteiger partial charge in [0.05, 0.1) is 19.3 Å². The van der Waals surface area contributed by atoms with Gasteiger partial charge in [0.1, 0.15) is 0 Å². The van der Waals surface area contributed by atoms with E-state index in [9.17, 15) is 5.11 Å². The zero-order valence-electron chi connectivity index (χ0n) is 46.8. The molecule has 64 heavy (non-hydrogen) atoms. The normalized spacial score (nSPS) is 23.4. The fraction of sp³-hybridized carbons (Fsp3) is 1.00. The minimum atomic E-state index is -0.0476. The van der Waals surface area contributed by atoms with Crippen molar-refractivity contribution >= 4 is 0 Å². The van der Waals surface area contributed by atoms with E-state index in [1.54, 1.807) is 0 Å². The van der Waals surface area contributed by atoms with Crippen molar-refractivity contribution in [2.45, 2.75) is 215 Å². The Bertz CT molecular complexity index is 1040. The molecule has 11 heteroatoms. The van der Waals surface area contributed by atoms with Gasteiger partial charge in [-0.15, -0.1) is 0 Å². The van der Waals surface area contributed by atoms with Gasteiger partial charge in [-0.05, 0) is 203 Å². The molecule has 0 unspecified atom stereocenters. The zero-order chi connectivity index (χ0) is 49.0. The monoisotopic (exact) mass is 910 g/mol. The maximum atomic E-state index is 9.27. The minimum Gasteiger partial charge on any atom is -0.393 e. The van der Waals surface area contributed by atoms with Gasteiger partial charge in [-0.3, -0.25) is 24.5 Å². The van der Waals surface area contributed by atoms with Crippen LogP contribution < -0.4 is 10.6 Å². The molecular weight excluding hydrogens is 795 g/mol. The molecule has 6 heterocycles. The highest BCUT2D eigenvalue weighted by molar-refractivity contribution is 4.85. The molecule has 6 aliphatic rings. The third-order valence-corrected chi connectivity index (χ3v) is 13.6. The van der Waals surface area contributed by atoms with Crippen LogP contribution in [0.5, 0.6) is 0 Å². The van der Waals surface area contributed by atoms with Gasteiger partial charge in [0.15, 0.2) is 0 Å². The van der Waals surface area contributed by atoms with Crippen LogP contribution in [0.4, 0.5) is 0 Å². The molecule has 0 saturated carbocycles. The highest BCUT2D eigenvalue weighted by Crippen LogP contribution is 2.21. The van der Waals surface area contributed by atoms with Crippen molar-refractivity contribution in [2.24, 2.45) is 0 Å². The first-order chi connectivity index (χ1) is 29.3. The lowest BCUT2D eigenvalue weighted by Gasteiger charge is -2.41. The minimum absolute atomic E-state index is 0.0476. The molecule has 0 bridgehead atoms. The maximum absolute atomic E-state index is 9.27. The van der Waals surface area contributed by atoms with Crippen LogP contribution in [0, 0.1) is 0 Å². The number of hydrogen-bond acceptors (Lipinski definition) is 11. The number of nitrogens with one attached hydrogen (secondary N) is 2. The summed E-state index contributed by atoms with van der Waals surface area (Å²) in [6, 6.07) is 0.737. The van der Waals surface area contributed by atoms with E-state index in [0.29, 0.717) is 22.2 Å². The van der Waals surface area contributed by atoms with E-state index in [0.717, 1.165) is 71.4 Å².